The highest BCUT2D eigenvalue weighted by Crippen LogP contribution is 2.28. The van der Waals surface area contributed by atoms with E-state index in [1.165, 1.54) is 15.2 Å². The summed E-state index contributed by atoms with van der Waals surface area (Å²) in [7, 11) is -3.52. The number of aliphatic hydroxyl groups is 1. The van der Waals surface area contributed by atoms with Crippen molar-refractivity contribution in [2.45, 2.75) is 44.4 Å². The van der Waals surface area contributed by atoms with Crippen molar-refractivity contribution in [2.24, 2.45) is 0 Å². The minimum atomic E-state index is -3.52. The van der Waals surface area contributed by atoms with Crippen LogP contribution in [0.15, 0.2) is 12.4 Å². The maximum absolute atomic E-state index is 12.8. The van der Waals surface area contributed by atoms with Crippen LogP contribution in [0.1, 0.15) is 32.2 Å². The Morgan fingerprint density at radius 2 is 2.10 bits per heavy atom. The molecular formula is C12H21N5O3S. The van der Waals surface area contributed by atoms with E-state index < -0.39 is 16.3 Å². The highest BCUT2D eigenvalue weighted by atomic mass is 32.2. The smallest absolute Gasteiger partial charge is 0.282 e. The van der Waals surface area contributed by atoms with Gasteiger partial charge in [-0.05, 0) is 19.8 Å². The van der Waals surface area contributed by atoms with Crippen molar-refractivity contribution in [1.82, 2.24) is 23.6 Å². The molecule has 0 aromatic carbocycles. The lowest BCUT2D eigenvalue weighted by Crippen LogP contribution is -2.49. The first kappa shape index (κ1) is 14.9. The fourth-order valence-electron chi connectivity index (χ4n) is 3.14. The SMILES string of the molecule is CC1CCCCN1S(=O)(=O)N1C[C@@H](O)[C@H](n2ccnn2)C1. The standard InChI is InChI=1S/C12H21N5O3S/c1-10-4-2-3-6-17(10)21(19,20)15-8-11(12(18)9-15)16-7-5-13-14-16/h5,7,10-12,18H,2-4,6,8-9H2,1H3/t10?,11-,12-/m1/s1. The first-order valence-electron chi connectivity index (χ1n) is 7.31. The third-order valence-corrected chi connectivity index (χ3v) is 6.46. The number of aliphatic hydroxyl groups excluding tert-OH is 1. The Morgan fingerprint density at radius 1 is 1.29 bits per heavy atom. The molecule has 2 aliphatic rings. The highest BCUT2D eigenvalue weighted by molar-refractivity contribution is 7.86. The predicted molar refractivity (Wildman–Crippen MR) is 75.6 cm³/mol. The molecule has 3 rings (SSSR count). The van der Waals surface area contributed by atoms with E-state index in [0.717, 1.165) is 19.3 Å². The number of hydrogen-bond donors (Lipinski definition) is 1. The Morgan fingerprint density at radius 3 is 2.76 bits per heavy atom. The quantitative estimate of drug-likeness (QED) is 0.820. The van der Waals surface area contributed by atoms with Crippen molar-refractivity contribution >= 4 is 10.2 Å². The number of hydrogen-bond acceptors (Lipinski definition) is 5. The number of piperidine rings is 1. The Kier molecular flexibility index (Phi) is 4.00. The van der Waals surface area contributed by atoms with Gasteiger partial charge in [-0.15, -0.1) is 5.10 Å². The lowest BCUT2D eigenvalue weighted by Gasteiger charge is -2.35. The van der Waals surface area contributed by atoms with Crippen LogP contribution in [0, 0.1) is 0 Å². The van der Waals surface area contributed by atoms with E-state index in [1.54, 1.807) is 10.5 Å². The van der Waals surface area contributed by atoms with Crippen molar-refractivity contribution in [1.29, 1.82) is 0 Å². The van der Waals surface area contributed by atoms with E-state index in [2.05, 4.69) is 10.3 Å². The van der Waals surface area contributed by atoms with E-state index in [9.17, 15) is 13.5 Å². The molecule has 118 valence electrons. The molecule has 21 heavy (non-hydrogen) atoms. The zero-order valence-electron chi connectivity index (χ0n) is 12.0. The van der Waals surface area contributed by atoms with Crippen LogP contribution in [-0.2, 0) is 10.2 Å². The van der Waals surface area contributed by atoms with Gasteiger partial charge in [-0.3, -0.25) is 0 Å². The minimum Gasteiger partial charge on any atom is -0.389 e. The van der Waals surface area contributed by atoms with Crippen LogP contribution >= 0.6 is 0 Å². The Labute approximate surface area is 124 Å². The molecular weight excluding hydrogens is 294 g/mol. The summed E-state index contributed by atoms with van der Waals surface area (Å²) in [5, 5.41) is 17.7. The zero-order chi connectivity index (χ0) is 15.0. The van der Waals surface area contributed by atoms with Crippen molar-refractivity contribution in [3.63, 3.8) is 0 Å². The molecule has 0 radical (unpaired) electrons. The summed E-state index contributed by atoms with van der Waals surface area (Å²) < 4.78 is 30.0. The Hall–Kier alpha value is -1.03. The van der Waals surface area contributed by atoms with Crippen LogP contribution < -0.4 is 0 Å². The molecule has 8 nitrogen and oxygen atoms in total. The summed E-state index contributed by atoms with van der Waals surface area (Å²) in [6.45, 7) is 2.84. The van der Waals surface area contributed by atoms with E-state index in [1.807, 2.05) is 6.92 Å². The second kappa shape index (κ2) is 5.64. The van der Waals surface area contributed by atoms with Crippen LogP contribution in [0.4, 0.5) is 0 Å². The van der Waals surface area contributed by atoms with E-state index >= 15 is 0 Å². The van der Waals surface area contributed by atoms with Crippen LogP contribution in [-0.4, -0.2) is 68.9 Å². The molecule has 2 saturated heterocycles. The number of nitrogens with zero attached hydrogens (tertiary/aromatic N) is 5. The number of rotatable bonds is 3. The van der Waals surface area contributed by atoms with Gasteiger partial charge in [0.25, 0.3) is 10.2 Å². The summed E-state index contributed by atoms with van der Waals surface area (Å²) >= 11 is 0. The van der Waals surface area contributed by atoms with E-state index in [-0.39, 0.29) is 25.2 Å². The molecule has 3 atom stereocenters. The van der Waals surface area contributed by atoms with Crippen LogP contribution in [0.5, 0.6) is 0 Å². The van der Waals surface area contributed by atoms with Gasteiger partial charge in [-0.25, -0.2) is 4.68 Å². The molecule has 1 aromatic heterocycles. The Balaban J connectivity index is 1.78. The monoisotopic (exact) mass is 315 g/mol. The first-order chi connectivity index (χ1) is 10.00. The summed E-state index contributed by atoms with van der Waals surface area (Å²) in [4.78, 5) is 0. The average molecular weight is 315 g/mol. The van der Waals surface area contributed by atoms with Gasteiger partial charge in [-0.2, -0.15) is 17.0 Å². The molecule has 3 heterocycles. The van der Waals surface area contributed by atoms with Gasteiger partial charge in [0.15, 0.2) is 0 Å². The third-order valence-electron chi connectivity index (χ3n) is 4.37. The molecule has 0 bridgehead atoms. The van der Waals surface area contributed by atoms with Crippen molar-refractivity contribution < 1.29 is 13.5 Å². The minimum absolute atomic E-state index is 0.0197. The maximum Gasteiger partial charge on any atom is 0.282 e. The molecule has 9 heteroatoms. The van der Waals surface area contributed by atoms with Crippen LogP contribution in [0.25, 0.3) is 0 Å². The van der Waals surface area contributed by atoms with Gasteiger partial charge in [-0.1, -0.05) is 11.6 Å². The summed E-state index contributed by atoms with van der Waals surface area (Å²) in [6.07, 6.45) is 5.26. The van der Waals surface area contributed by atoms with Crippen molar-refractivity contribution in [3.05, 3.63) is 12.4 Å². The number of β-amino-alcohol motifs (C(OH)–C–C–N with tert-alkyl or cyclic N) is 1. The number of aromatic nitrogens is 3. The summed E-state index contributed by atoms with van der Waals surface area (Å²) in [5.74, 6) is 0. The topological polar surface area (TPSA) is 91.6 Å². The van der Waals surface area contributed by atoms with Crippen LogP contribution in [0.3, 0.4) is 0 Å². The largest absolute Gasteiger partial charge is 0.389 e. The second-order valence-corrected chi connectivity index (χ2v) is 7.68. The summed E-state index contributed by atoms with van der Waals surface area (Å²) in [5.41, 5.74) is 0. The zero-order valence-corrected chi connectivity index (χ0v) is 12.9. The van der Waals surface area contributed by atoms with Gasteiger partial charge >= 0.3 is 0 Å². The normalized spacial score (nSPS) is 32.6. The van der Waals surface area contributed by atoms with Gasteiger partial charge in [0.2, 0.25) is 0 Å². The van der Waals surface area contributed by atoms with Crippen molar-refractivity contribution in [3.8, 4) is 0 Å². The third kappa shape index (κ3) is 2.70. The molecule has 1 aromatic rings. The van der Waals surface area contributed by atoms with Crippen molar-refractivity contribution in [2.75, 3.05) is 19.6 Å². The molecule has 0 amide bonds. The first-order valence-corrected chi connectivity index (χ1v) is 8.70. The van der Waals surface area contributed by atoms with Gasteiger partial charge in [0, 0.05) is 31.9 Å². The molecule has 1 N–H and O–H groups in total. The average Bonchev–Trinajstić information content (AvgIpc) is 3.08. The molecule has 2 fully saturated rings. The molecule has 0 spiro atoms. The maximum atomic E-state index is 12.8. The lowest BCUT2D eigenvalue weighted by atomic mass is 10.1. The summed E-state index contributed by atoms with van der Waals surface area (Å²) in [6, 6.07) is -0.353. The Bertz CT molecular complexity index is 576. The van der Waals surface area contributed by atoms with Gasteiger partial charge in [0.05, 0.1) is 18.3 Å². The molecule has 1 unspecified atom stereocenters. The predicted octanol–water partition coefficient (Wildman–Crippen LogP) is -0.385. The van der Waals surface area contributed by atoms with E-state index in [0.29, 0.717) is 6.54 Å². The second-order valence-electron chi connectivity index (χ2n) is 5.80. The fraction of sp³-hybridized carbons (Fsp3) is 0.833. The van der Waals surface area contributed by atoms with Crippen LogP contribution in [0.2, 0.25) is 0 Å². The van der Waals surface area contributed by atoms with Gasteiger partial charge < -0.3 is 5.11 Å². The lowest BCUT2D eigenvalue weighted by molar-refractivity contribution is 0.141. The highest BCUT2D eigenvalue weighted by Gasteiger charge is 2.43. The molecule has 0 aliphatic carbocycles. The molecule has 2 aliphatic heterocycles. The fourth-order valence-corrected chi connectivity index (χ4v) is 5.04. The van der Waals surface area contributed by atoms with Gasteiger partial charge in [0.1, 0.15) is 0 Å². The molecule has 0 saturated carbocycles. The van der Waals surface area contributed by atoms with E-state index in [4.69, 9.17) is 0 Å².